The number of rotatable bonds is 4. The van der Waals surface area contributed by atoms with E-state index in [1.807, 2.05) is 0 Å². The number of halogens is 1. The molecule has 0 aliphatic rings. The summed E-state index contributed by atoms with van der Waals surface area (Å²) in [5.41, 5.74) is -0.0502. The third-order valence-electron chi connectivity index (χ3n) is 2.25. The Hall–Kier alpha value is -1.53. The molecule has 6 heteroatoms. The molecule has 1 N–H and O–H groups in total. The molecule has 1 unspecified atom stereocenters. The second-order valence-electron chi connectivity index (χ2n) is 3.34. The second kappa shape index (κ2) is 5.70. The zero-order valence-corrected chi connectivity index (χ0v) is 10.5. The van der Waals surface area contributed by atoms with Gasteiger partial charge in [-0.2, -0.15) is 0 Å². The van der Waals surface area contributed by atoms with Gasteiger partial charge in [0.1, 0.15) is 6.10 Å². The maximum Gasteiger partial charge on any atom is 0.275 e. The smallest absolute Gasteiger partial charge is 0.275 e. The molecule has 0 fully saturated rings. The molecule has 0 aliphatic heterocycles. The molecule has 0 aliphatic carbocycles. The van der Waals surface area contributed by atoms with Crippen molar-refractivity contribution in [2.75, 3.05) is 0 Å². The molecule has 5 nitrogen and oxygen atoms in total. The fourth-order valence-electron chi connectivity index (χ4n) is 1.38. The zero-order valence-electron chi connectivity index (χ0n) is 8.96. The molecular formula is C11H10BrNO4. The molecule has 0 aromatic heterocycles. The van der Waals surface area contributed by atoms with E-state index in [0.29, 0.717) is 0 Å². The van der Waals surface area contributed by atoms with Crippen LogP contribution in [0.3, 0.4) is 0 Å². The highest BCUT2D eigenvalue weighted by Gasteiger charge is 2.24. The van der Waals surface area contributed by atoms with Gasteiger partial charge in [0.15, 0.2) is 5.78 Å². The van der Waals surface area contributed by atoms with Crippen LogP contribution < -0.4 is 0 Å². The fraction of sp³-hybridized carbons (Fsp3) is 0.182. The van der Waals surface area contributed by atoms with Gasteiger partial charge in [-0.3, -0.25) is 14.9 Å². The number of ketones is 1. The first-order valence-corrected chi connectivity index (χ1v) is 5.63. The molecule has 1 aromatic carbocycles. The van der Waals surface area contributed by atoms with Gasteiger partial charge in [0, 0.05) is 11.6 Å². The van der Waals surface area contributed by atoms with Crippen molar-refractivity contribution in [2.24, 2.45) is 0 Å². The monoisotopic (exact) mass is 299 g/mol. The minimum absolute atomic E-state index is 0.0688. The molecule has 0 spiro atoms. The number of benzene rings is 1. The van der Waals surface area contributed by atoms with Crippen LogP contribution in [0.1, 0.15) is 18.6 Å². The summed E-state index contributed by atoms with van der Waals surface area (Å²) in [7, 11) is 0. The lowest BCUT2D eigenvalue weighted by molar-refractivity contribution is -0.386. The van der Waals surface area contributed by atoms with Gasteiger partial charge in [-0.05, 0) is 18.0 Å². The van der Waals surface area contributed by atoms with Gasteiger partial charge in [0.05, 0.1) is 10.5 Å². The lowest BCUT2D eigenvalue weighted by Crippen LogP contribution is -2.10. The quantitative estimate of drug-likeness (QED) is 0.526. The summed E-state index contributed by atoms with van der Waals surface area (Å²) in [6.45, 7) is 1.28. The number of carbonyl (C=O) groups excluding carboxylic acids is 1. The van der Waals surface area contributed by atoms with Crippen molar-refractivity contribution in [1.82, 2.24) is 0 Å². The summed E-state index contributed by atoms with van der Waals surface area (Å²) < 4.78 is 0. The van der Waals surface area contributed by atoms with Gasteiger partial charge >= 0.3 is 0 Å². The zero-order chi connectivity index (χ0) is 13.0. The van der Waals surface area contributed by atoms with Gasteiger partial charge in [-0.25, -0.2) is 0 Å². The Morgan fingerprint density at radius 3 is 2.59 bits per heavy atom. The third kappa shape index (κ3) is 2.98. The molecule has 17 heavy (non-hydrogen) atoms. The predicted molar refractivity (Wildman–Crippen MR) is 65.7 cm³/mol. The molecule has 0 bridgehead atoms. The summed E-state index contributed by atoms with van der Waals surface area (Å²) in [6, 6.07) is 5.77. The van der Waals surface area contributed by atoms with Crippen LogP contribution in [0.25, 0.3) is 0 Å². The first-order chi connectivity index (χ1) is 7.99. The number of nitro benzene ring substituents is 1. The normalized spacial score (nSPS) is 13.2. The Morgan fingerprint density at radius 2 is 2.12 bits per heavy atom. The minimum Gasteiger partial charge on any atom is -0.383 e. The number of hydrogen-bond acceptors (Lipinski definition) is 4. The average Bonchev–Trinajstić information content (AvgIpc) is 2.29. The highest BCUT2D eigenvalue weighted by molar-refractivity contribution is 9.11. The molecule has 0 saturated heterocycles. The first-order valence-electron chi connectivity index (χ1n) is 4.71. The predicted octanol–water partition coefficient (Wildman–Crippen LogP) is 2.50. The van der Waals surface area contributed by atoms with E-state index in [-0.39, 0.29) is 22.6 Å². The van der Waals surface area contributed by atoms with Crippen molar-refractivity contribution >= 4 is 27.4 Å². The molecule has 0 radical (unpaired) electrons. The Morgan fingerprint density at radius 1 is 1.53 bits per heavy atom. The summed E-state index contributed by atoms with van der Waals surface area (Å²) in [5, 5.41) is 20.7. The van der Waals surface area contributed by atoms with E-state index in [1.165, 1.54) is 30.1 Å². The van der Waals surface area contributed by atoms with Crippen molar-refractivity contribution in [2.45, 2.75) is 13.0 Å². The van der Waals surface area contributed by atoms with Gasteiger partial charge in [-0.15, -0.1) is 0 Å². The summed E-state index contributed by atoms with van der Waals surface area (Å²) in [5.74, 6) is -0.354. The van der Waals surface area contributed by atoms with Gasteiger partial charge in [0.25, 0.3) is 5.69 Å². The molecular weight excluding hydrogens is 290 g/mol. The van der Waals surface area contributed by atoms with Gasteiger partial charge < -0.3 is 5.11 Å². The second-order valence-corrected chi connectivity index (χ2v) is 3.80. The van der Waals surface area contributed by atoms with Crippen LogP contribution >= 0.6 is 15.9 Å². The third-order valence-corrected chi connectivity index (χ3v) is 2.74. The van der Waals surface area contributed by atoms with Crippen LogP contribution in [-0.2, 0) is 4.79 Å². The Labute approximate surface area is 106 Å². The van der Waals surface area contributed by atoms with Crippen LogP contribution in [0.15, 0.2) is 34.8 Å². The van der Waals surface area contributed by atoms with Crippen molar-refractivity contribution in [3.63, 3.8) is 0 Å². The fourth-order valence-corrected chi connectivity index (χ4v) is 1.95. The number of hydrogen-bond donors (Lipinski definition) is 1. The number of Topliss-reactive ketones (excluding diaryl/α,β-unsaturated/α-hetero) is 1. The topological polar surface area (TPSA) is 80.4 Å². The van der Waals surface area contributed by atoms with Gasteiger partial charge in [0.2, 0.25) is 0 Å². The molecule has 0 saturated carbocycles. The number of nitro groups is 1. The Balaban J connectivity index is 3.25. The molecule has 0 heterocycles. The largest absolute Gasteiger partial charge is 0.383 e. The summed E-state index contributed by atoms with van der Waals surface area (Å²) in [6.07, 6.45) is -1.31. The Bertz CT molecular complexity index is 484. The van der Waals surface area contributed by atoms with Crippen molar-refractivity contribution in [3.8, 4) is 0 Å². The van der Waals surface area contributed by atoms with Crippen molar-refractivity contribution in [3.05, 3.63) is 50.5 Å². The standard InChI is InChI=1S/C11H10BrNO4/c1-7(14)9(6-12)11(15)8-4-2-3-5-10(8)13(16)17/h2-6,11,15H,1H3/b9-6+. The molecule has 1 rings (SSSR count). The maximum atomic E-state index is 11.2. The lowest BCUT2D eigenvalue weighted by atomic mass is 9.99. The number of carbonyl (C=O) groups is 1. The van der Waals surface area contributed by atoms with Crippen molar-refractivity contribution < 1.29 is 14.8 Å². The number of nitrogens with zero attached hydrogens (tertiary/aromatic N) is 1. The van der Waals surface area contributed by atoms with Crippen molar-refractivity contribution in [1.29, 1.82) is 0 Å². The first kappa shape index (κ1) is 13.5. The van der Waals surface area contributed by atoms with E-state index in [4.69, 9.17) is 0 Å². The van der Waals surface area contributed by atoms with Crippen LogP contribution in [0.4, 0.5) is 5.69 Å². The minimum atomic E-state index is -1.31. The lowest BCUT2D eigenvalue weighted by Gasteiger charge is -2.12. The Kier molecular flexibility index (Phi) is 4.53. The number of para-hydroxylation sites is 1. The van der Waals surface area contributed by atoms with E-state index in [9.17, 15) is 20.0 Å². The molecule has 90 valence electrons. The van der Waals surface area contributed by atoms with E-state index < -0.39 is 11.0 Å². The van der Waals surface area contributed by atoms with E-state index in [1.54, 1.807) is 6.07 Å². The summed E-state index contributed by atoms with van der Waals surface area (Å²) >= 11 is 2.96. The van der Waals surface area contributed by atoms with Gasteiger partial charge in [-0.1, -0.05) is 28.1 Å². The number of aliphatic hydroxyl groups is 1. The average molecular weight is 300 g/mol. The van der Waals surface area contributed by atoms with Crippen LogP contribution in [-0.4, -0.2) is 15.8 Å². The molecule has 1 atom stereocenters. The van der Waals surface area contributed by atoms with E-state index >= 15 is 0 Å². The highest BCUT2D eigenvalue weighted by atomic mass is 79.9. The molecule has 0 amide bonds. The van der Waals surface area contributed by atoms with Crippen LogP contribution in [0.5, 0.6) is 0 Å². The SMILES string of the molecule is CC(=O)/C(=C\Br)C(O)c1ccccc1[N+](=O)[O-]. The van der Waals surface area contributed by atoms with Crippen LogP contribution in [0.2, 0.25) is 0 Å². The summed E-state index contributed by atoms with van der Waals surface area (Å²) in [4.78, 5) is 22.7. The van der Waals surface area contributed by atoms with Crippen LogP contribution in [0, 0.1) is 10.1 Å². The number of aliphatic hydroxyl groups excluding tert-OH is 1. The maximum absolute atomic E-state index is 11.2. The highest BCUT2D eigenvalue weighted by Crippen LogP contribution is 2.30. The molecule has 1 aromatic rings. The van der Waals surface area contributed by atoms with E-state index in [0.717, 1.165) is 0 Å². The van der Waals surface area contributed by atoms with E-state index in [2.05, 4.69) is 15.9 Å².